The highest BCUT2D eigenvalue weighted by atomic mass is 32.1. The number of hydrogen-bond acceptors (Lipinski definition) is 4. The summed E-state index contributed by atoms with van der Waals surface area (Å²) in [7, 11) is 0. The first-order valence-corrected chi connectivity index (χ1v) is 9.51. The maximum Gasteiger partial charge on any atom is 0.273 e. The first-order chi connectivity index (χ1) is 11.6. The monoisotopic (exact) mass is 343 g/mol. The Hall–Kier alpha value is -1.72. The van der Waals surface area contributed by atoms with Gasteiger partial charge in [-0.1, -0.05) is 18.2 Å². The van der Waals surface area contributed by atoms with Crippen LogP contribution in [0.1, 0.15) is 57.5 Å². The van der Waals surface area contributed by atoms with Gasteiger partial charge in [0.15, 0.2) is 0 Å². The number of thiazole rings is 1. The van der Waals surface area contributed by atoms with E-state index in [-0.39, 0.29) is 11.9 Å². The SMILES string of the molecule is Cc1cccc(C2CCCCN2C(=O)c2csc(CCN)n2)c1C. The van der Waals surface area contributed by atoms with Gasteiger partial charge in [-0.3, -0.25) is 4.79 Å². The molecule has 0 saturated carbocycles. The van der Waals surface area contributed by atoms with Gasteiger partial charge in [-0.25, -0.2) is 4.98 Å². The molecule has 2 N–H and O–H groups in total. The highest BCUT2D eigenvalue weighted by molar-refractivity contribution is 7.09. The normalized spacial score (nSPS) is 18.0. The Morgan fingerprint density at radius 3 is 3.00 bits per heavy atom. The van der Waals surface area contributed by atoms with Crippen LogP contribution in [0, 0.1) is 13.8 Å². The minimum atomic E-state index is 0.0557. The van der Waals surface area contributed by atoms with Crippen molar-refractivity contribution in [3.05, 3.63) is 51.0 Å². The van der Waals surface area contributed by atoms with E-state index in [2.05, 4.69) is 37.0 Å². The van der Waals surface area contributed by atoms with Crippen molar-refractivity contribution in [2.24, 2.45) is 5.73 Å². The number of nitrogens with zero attached hydrogens (tertiary/aromatic N) is 2. The molecule has 1 saturated heterocycles. The Kier molecular flexibility index (Phi) is 5.31. The number of amides is 1. The summed E-state index contributed by atoms with van der Waals surface area (Å²) in [5.41, 5.74) is 10.0. The average Bonchev–Trinajstić information content (AvgIpc) is 3.06. The maximum absolute atomic E-state index is 13.0. The summed E-state index contributed by atoms with van der Waals surface area (Å²) in [6.07, 6.45) is 3.98. The number of likely N-dealkylation sites (tertiary alicyclic amines) is 1. The second kappa shape index (κ2) is 7.45. The third-order valence-electron chi connectivity index (χ3n) is 4.90. The van der Waals surface area contributed by atoms with Gasteiger partial charge in [0.2, 0.25) is 0 Å². The summed E-state index contributed by atoms with van der Waals surface area (Å²) in [6.45, 7) is 5.66. The predicted molar refractivity (Wildman–Crippen MR) is 98.4 cm³/mol. The van der Waals surface area contributed by atoms with E-state index >= 15 is 0 Å². The molecule has 1 aliphatic rings. The molecule has 1 fully saturated rings. The molecule has 2 aromatic rings. The minimum Gasteiger partial charge on any atom is -0.330 e. The fourth-order valence-electron chi connectivity index (χ4n) is 3.43. The van der Waals surface area contributed by atoms with E-state index in [4.69, 9.17) is 5.73 Å². The van der Waals surface area contributed by atoms with E-state index in [1.165, 1.54) is 28.0 Å². The molecule has 1 aromatic heterocycles. The van der Waals surface area contributed by atoms with Gasteiger partial charge in [0, 0.05) is 18.3 Å². The van der Waals surface area contributed by atoms with E-state index < -0.39 is 0 Å². The lowest BCUT2D eigenvalue weighted by atomic mass is 9.90. The molecule has 2 heterocycles. The van der Waals surface area contributed by atoms with Gasteiger partial charge >= 0.3 is 0 Å². The number of carbonyl (C=O) groups is 1. The van der Waals surface area contributed by atoms with Crippen LogP contribution >= 0.6 is 11.3 Å². The van der Waals surface area contributed by atoms with Crippen LogP contribution in [0.4, 0.5) is 0 Å². The molecular weight excluding hydrogens is 318 g/mol. The van der Waals surface area contributed by atoms with E-state index in [0.29, 0.717) is 12.2 Å². The molecule has 24 heavy (non-hydrogen) atoms. The molecule has 1 aromatic carbocycles. The van der Waals surface area contributed by atoms with Crippen molar-refractivity contribution in [3.8, 4) is 0 Å². The number of benzene rings is 1. The third kappa shape index (κ3) is 3.37. The van der Waals surface area contributed by atoms with Crippen molar-refractivity contribution in [1.82, 2.24) is 9.88 Å². The molecule has 1 unspecified atom stereocenters. The summed E-state index contributed by atoms with van der Waals surface area (Å²) in [5, 5.41) is 2.82. The lowest BCUT2D eigenvalue weighted by Gasteiger charge is -2.36. The van der Waals surface area contributed by atoms with E-state index in [0.717, 1.165) is 37.2 Å². The molecule has 3 rings (SSSR count). The number of piperidine rings is 1. The largest absolute Gasteiger partial charge is 0.330 e. The summed E-state index contributed by atoms with van der Waals surface area (Å²) in [4.78, 5) is 19.5. The Balaban J connectivity index is 1.88. The number of aryl methyl sites for hydroxylation is 1. The zero-order chi connectivity index (χ0) is 17.1. The maximum atomic E-state index is 13.0. The second-order valence-electron chi connectivity index (χ2n) is 6.46. The first-order valence-electron chi connectivity index (χ1n) is 8.63. The van der Waals surface area contributed by atoms with Gasteiger partial charge in [-0.2, -0.15) is 0 Å². The molecule has 1 atom stereocenters. The van der Waals surface area contributed by atoms with Gasteiger partial charge in [0.1, 0.15) is 5.69 Å². The summed E-state index contributed by atoms with van der Waals surface area (Å²) in [5.74, 6) is 0.0557. The molecule has 4 nitrogen and oxygen atoms in total. The Bertz CT molecular complexity index is 725. The van der Waals surface area contributed by atoms with Crippen LogP contribution in [0.5, 0.6) is 0 Å². The van der Waals surface area contributed by atoms with Crippen LogP contribution < -0.4 is 5.73 Å². The van der Waals surface area contributed by atoms with Crippen molar-refractivity contribution in [3.63, 3.8) is 0 Å². The molecule has 0 radical (unpaired) electrons. The van der Waals surface area contributed by atoms with Crippen LogP contribution in [0.2, 0.25) is 0 Å². The number of nitrogens with two attached hydrogens (primary N) is 1. The topological polar surface area (TPSA) is 59.2 Å². The smallest absolute Gasteiger partial charge is 0.273 e. The minimum absolute atomic E-state index is 0.0557. The van der Waals surface area contributed by atoms with Gasteiger partial charge in [0.05, 0.1) is 11.0 Å². The van der Waals surface area contributed by atoms with Crippen LogP contribution in [-0.2, 0) is 6.42 Å². The lowest BCUT2D eigenvalue weighted by Crippen LogP contribution is -2.39. The highest BCUT2D eigenvalue weighted by Crippen LogP contribution is 2.34. The fourth-order valence-corrected chi connectivity index (χ4v) is 4.22. The summed E-state index contributed by atoms with van der Waals surface area (Å²) < 4.78 is 0. The van der Waals surface area contributed by atoms with Crippen molar-refractivity contribution >= 4 is 17.2 Å². The third-order valence-corrected chi connectivity index (χ3v) is 5.81. The standard InChI is InChI=1S/C19H25N3OS/c1-13-6-5-7-15(14(13)2)17-8-3-4-11-22(17)19(23)16-12-24-18(21-16)9-10-20/h5-7,12,17H,3-4,8-11,20H2,1-2H3. The van der Waals surface area contributed by atoms with Crippen molar-refractivity contribution < 1.29 is 4.79 Å². The summed E-state index contributed by atoms with van der Waals surface area (Å²) >= 11 is 1.53. The number of rotatable bonds is 4. The molecule has 0 aliphatic carbocycles. The van der Waals surface area contributed by atoms with Gasteiger partial charge in [-0.05, 0) is 56.3 Å². The molecule has 0 bridgehead atoms. The van der Waals surface area contributed by atoms with Crippen LogP contribution in [0.3, 0.4) is 0 Å². The Morgan fingerprint density at radius 2 is 2.21 bits per heavy atom. The molecule has 1 aliphatic heterocycles. The molecule has 0 spiro atoms. The Morgan fingerprint density at radius 1 is 1.38 bits per heavy atom. The van der Waals surface area contributed by atoms with E-state index in [9.17, 15) is 4.79 Å². The van der Waals surface area contributed by atoms with Crippen LogP contribution in [0.25, 0.3) is 0 Å². The van der Waals surface area contributed by atoms with Crippen LogP contribution in [0.15, 0.2) is 23.6 Å². The molecular formula is C19H25N3OS. The number of carbonyl (C=O) groups excluding carboxylic acids is 1. The van der Waals surface area contributed by atoms with Crippen molar-refractivity contribution in [2.75, 3.05) is 13.1 Å². The zero-order valence-electron chi connectivity index (χ0n) is 14.4. The predicted octanol–water partition coefficient (Wildman–Crippen LogP) is 3.63. The lowest BCUT2D eigenvalue weighted by molar-refractivity contribution is 0.0605. The fraction of sp³-hybridized carbons (Fsp3) is 0.474. The number of hydrogen-bond donors (Lipinski definition) is 1. The zero-order valence-corrected chi connectivity index (χ0v) is 15.2. The highest BCUT2D eigenvalue weighted by Gasteiger charge is 2.30. The van der Waals surface area contributed by atoms with E-state index in [1.807, 2.05) is 10.3 Å². The van der Waals surface area contributed by atoms with Gasteiger partial charge < -0.3 is 10.6 Å². The molecule has 128 valence electrons. The van der Waals surface area contributed by atoms with Gasteiger partial charge in [0.25, 0.3) is 5.91 Å². The van der Waals surface area contributed by atoms with Crippen molar-refractivity contribution in [1.29, 1.82) is 0 Å². The molecule has 5 heteroatoms. The number of aromatic nitrogens is 1. The van der Waals surface area contributed by atoms with Crippen molar-refractivity contribution in [2.45, 2.75) is 45.6 Å². The Labute approximate surface area is 147 Å². The molecule has 1 amide bonds. The first kappa shape index (κ1) is 17.1. The van der Waals surface area contributed by atoms with Crippen LogP contribution in [-0.4, -0.2) is 28.9 Å². The second-order valence-corrected chi connectivity index (χ2v) is 7.41. The van der Waals surface area contributed by atoms with E-state index in [1.54, 1.807) is 0 Å². The quantitative estimate of drug-likeness (QED) is 0.922. The van der Waals surface area contributed by atoms with Gasteiger partial charge in [-0.15, -0.1) is 11.3 Å². The summed E-state index contributed by atoms with van der Waals surface area (Å²) in [6, 6.07) is 6.55. The average molecular weight is 343 g/mol.